The van der Waals surface area contributed by atoms with Crippen LogP contribution in [-0.2, 0) is 4.74 Å². The van der Waals surface area contributed by atoms with Crippen molar-refractivity contribution in [3.63, 3.8) is 0 Å². The molecule has 1 saturated heterocycles. The first kappa shape index (κ1) is 8.78. The van der Waals surface area contributed by atoms with E-state index in [9.17, 15) is 0 Å². The molecule has 0 aromatic carbocycles. The van der Waals surface area contributed by atoms with E-state index in [-0.39, 0.29) is 0 Å². The Morgan fingerprint density at radius 2 is 2.30 bits per heavy atom. The van der Waals surface area contributed by atoms with E-state index in [2.05, 4.69) is 36.4 Å². The van der Waals surface area contributed by atoms with Crippen molar-refractivity contribution >= 4 is 22.6 Å². The first-order chi connectivity index (χ1) is 4.64. The van der Waals surface area contributed by atoms with Crippen molar-refractivity contribution < 1.29 is 4.74 Å². The second-order valence-electron chi connectivity index (χ2n) is 3.77. The summed E-state index contributed by atoms with van der Waals surface area (Å²) in [6.07, 6.45) is 2.97. The second kappa shape index (κ2) is 3.39. The van der Waals surface area contributed by atoms with Crippen LogP contribution < -0.4 is 0 Å². The number of hydrogen-bond acceptors (Lipinski definition) is 1. The summed E-state index contributed by atoms with van der Waals surface area (Å²) in [7, 11) is 0. The second-order valence-corrected chi connectivity index (χ2v) is 4.65. The standard InChI is InChI=1S/C8H15IO/c1-8(2)3-4-10-7(5-8)6-9/h7H,3-6H2,1-2H3. The summed E-state index contributed by atoms with van der Waals surface area (Å²) < 4.78 is 6.70. The topological polar surface area (TPSA) is 9.23 Å². The summed E-state index contributed by atoms with van der Waals surface area (Å²) in [5.41, 5.74) is 0.522. The molecular formula is C8H15IO. The summed E-state index contributed by atoms with van der Waals surface area (Å²) in [6.45, 7) is 5.62. The molecule has 0 aliphatic carbocycles. The van der Waals surface area contributed by atoms with Gasteiger partial charge >= 0.3 is 0 Å². The maximum atomic E-state index is 5.56. The van der Waals surface area contributed by atoms with E-state index in [1.54, 1.807) is 0 Å². The fourth-order valence-corrected chi connectivity index (χ4v) is 1.94. The Bertz CT molecular complexity index is 112. The molecule has 0 radical (unpaired) electrons. The third-order valence-corrected chi connectivity index (χ3v) is 3.07. The Balaban J connectivity index is 2.40. The molecule has 2 heteroatoms. The minimum atomic E-state index is 0.518. The number of ether oxygens (including phenoxy) is 1. The Morgan fingerprint density at radius 3 is 2.70 bits per heavy atom. The van der Waals surface area contributed by atoms with Gasteiger partial charge in [-0.3, -0.25) is 0 Å². The number of hydrogen-bond donors (Lipinski definition) is 0. The summed E-state index contributed by atoms with van der Waals surface area (Å²) in [6, 6.07) is 0. The highest BCUT2D eigenvalue weighted by atomic mass is 127. The van der Waals surface area contributed by atoms with Gasteiger partial charge in [0.15, 0.2) is 0 Å². The van der Waals surface area contributed by atoms with E-state index in [1.165, 1.54) is 12.8 Å². The predicted molar refractivity (Wildman–Crippen MR) is 51.6 cm³/mol. The van der Waals surface area contributed by atoms with Crippen LogP contribution >= 0.6 is 22.6 Å². The van der Waals surface area contributed by atoms with E-state index >= 15 is 0 Å². The molecule has 0 N–H and O–H groups in total. The third kappa shape index (κ3) is 2.38. The molecule has 0 aromatic rings. The van der Waals surface area contributed by atoms with Gasteiger partial charge < -0.3 is 4.74 Å². The molecular weight excluding hydrogens is 239 g/mol. The zero-order valence-electron chi connectivity index (χ0n) is 6.69. The van der Waals surface area contributed by atoms with Crippen molar-refractivity contribution in [1.82, 2.24) is 0 Å². The van der Waals surface area contributed by atoms with Crippen molar-refractivity contribution in [2.45, 2.75) is 32.8 Å². The summed E-state index contributed by atoms with van der Waals surface area (Å²) in [5.74, 6) is 0. The Labute approximate surface area is 76.7 Å². The van der Waals surface area contributed by atoms with Crippen LogP contribution in [0.3, 0.4) is 0 Å². The summed E-state index contributed by atoms with van der Waals surface area (Å²) >= 11 is 2.40. The van der Waals surface area contributed by atoms with Crippen LogP contribution in [0.1, 0.15) is 26.7 Å². The van der Waals surface area contributed by atoms with Gasteiger partial charge in [0.05, 0.1) is 6.10 Å². The van der Waals surface area contributed by atoms with Crippen LogP contribution in [0.5, 0.6) is 0 Å². The lowest BCUT2D eigenvalue weighted by molar-refractivity contribution is -0.0211. The average molecular weight is 254 g/mol. The van der Waals surface area contributed by atoms with Crippen LogP contribution in [0.15, 0.2) is 0 Å². The molecule has 1 rings (SSSR count). The minimum Gasteiger partial charge on any atom is -0.377 e. The van der Waals surface area contributed by atoms with E-state index in [0.29, 0.717) is 11.5 Å². The molecule has 1 aliphatic heterocycles. The Kier molecular flexibility index (Phi) is 2.98. The first-order valence-corrected chi connectivity index (χ1v) is 5.34. The quantitative estimate of drug-likeness (QED) is 0.516. The van der Waals surface area contributed by atoms with Gasteiger partial charge in [0, 0.05) is 11.0 Å². The van der Waals surface area contributed by atoms with Gasteiger partial charge in [0.1, 0.15) is 0 Å². The van der Waals surface area contributed by atoms with Gasteiger partial charge in [-0.1, -0.05) is 36.4 Å². The Morgan fingerprint density at radius 1 is 1.60 bits per heavy atom. The summed E-state index contributed by atoms with van der Waals surface area (Å²) in [5, 5.41) is 0. The van der Waals surface area contributed by atoms with Gasteiger partial charge in [-0.25, -0.2) is 0 Å². The molecule has 1 fully saturated rings. The van der Waals surface area contributed by atoms with Gasteiger partial charge in [0.25, 0.3) is 0 Å². The predicted octanol–water partition coefficient (Wildman–Crippen LogP) is 2.63. The van der Waals surface area contributed by atoms with Gasteiger partial charge in [0.2, 0.25) is 0 Å². The van der Waals surface area contributed by atoms with Gasteiger partial charge in [-0.15, -0.1) is 0 Å². The summed E-state index contributed by atoms with van der Waals surface area (Å²) in [4.78, 5) is 0. The molecule has 0 bridgehead atoms. The van der Waals surface area contributed by atoms with E-state index in [4.69, 9.17) is 4.74 Å². The van der Waals surface area contributed by atoms with Gasteiger partial charge in [-0.2, -0.15) is 0 Å². The molecule has 10 heavy (non-hydrogen) atoms. The molecule has 0 aromatic heterocycles. The fraction of sp³-hybridized carbons (Fsp3) is 1.00. The van der Waals surface area contributed by atoms with Crippen LogP contribution in [0.4, 0.5) is 0 Å². The number of alkyl halides is 1. The average Bonchev–Trinajstić information content (AvgIpc) is 1.86. The van der Waals surface area contributed by atoms with E-state index in [0.717, 1.165) is 11.0 Å². The number of rotatable bonds is 1. The lowest BCUT2D eigenvalue weighted by Gasteiger charge is -2.34. The largest absolute Gasteiger partial charge is 0.377 e. The van der Waals surface area contributed by atoms with Crippen LogP contribution in [-0.4, -0.2) is 17.1 Å². The highest BCUT2D eigenvalue weighted by Gasteiger charge is 2.27. The normalized spacial score (nSPS) is 32.1. The minimum absolute atomic E-state index is 0.518. The van der Waals surface area contributed by atoms with Crippen molar-refractivity contribution in [2.24, 2.45) is 5.41 Å². The molecule has 60 valence electrons. The maximum absolute atomic E-state index is 5.56. The zero-order chi connectivity index (χ0) is 7.61. The maximum Gasteiger partial charge on any atom is 0.0669 e. The van der Waals surface area contributed by atoms with E-state index < -0.39 is 0 Å². The number of halogens is 1. The smallest absolute Gasteiger partial charge is 0.0669 e. The zero-order valence-corrected chi connectivity index (χ0v) is 8.85. The van der Waals surface area contributed by atoms with Crippen molar-refractivity contribution in [3.8, 4) is 0 Å². The Hall–Kier alpha value is 0.690. The lowest BCUT2D eigenvalue weighted by atomic mass is 9.82. The molecule has 0 spiro atoms. The monoisotopic (exact) mass is 254 g/mol. The van der Waals surface area contributed by atoms with Crippen molar-refractivity contribution in [2.75, 3.05) is 11.0 Å². The fourth-order valence-electron chi connectivity index (χ4n) is 1.38. The van der Waals surface area contributed by atoms with E-state index in [1.807, 2.05) is 0 Å². The third-order valence-electron chi connectivity index (χ3n) is 2.08. The molecule has 0 amide bonds. The molecule has 1 unspecified atom stereocenters. The molecule has 0 saturated carbocycles. The van der Waals surface area contributed by atoms with Crippen LogP contribution in [0.2, 0.25) is 0 Å². The van der Waals surface area contributed by atoms with Crippen molar-refractivity contribution in [1.29, 1.82) is 0 Å². The molecule has 1 nitrogen and oxygen atoms in total. The van der Waals surface area contributed by atoms with Crippen LogP contribution in [0, 0.1) is 5.41 Å². The highest BCUT2D eigenvalue weighted by molar-refractivity contribution is 14.1. The first-order valence-electron chi connectivity index (χ1n) is 3.82. The van der Waals surface area contributed by atoms with Gasteiger partial charge in [-0.05, 0) is 18.3 Å². The molecule has 1 atom stereocenters. The SMILES string of the molecule is CC1(C)CCOC(CI)C1. The molecule has 1 heterocycles. The highest BCUT2D eigenvalue weighted by Crippen LogP contribution is 2.32. The molecule has 1 aliphatic rings. The lowest BCUT2D eigenvalue weighted by Crippen LogP contribution is -2.31. The van der Waals surface area contributed by atoms with Crippen LogP contribution in [0.25, 0.3) is 0 Å². The van der Waals surface area contributed by atoms with Crippen molar-refractivity contribution in [3.05, 3.63) is 0 Å².